The summed E-state index contributed by atoms with van der Waals surface area (Å²) in [6.45, 7) is 2.79. The third-order valence-electron chi connectivity index (χ3n) is 2.58. The standard InChI is InChI=1S/C13H15F2N3O2/c1-2-5-19-7-11(16)12-17-13(20-18-12)9-6-8(14)3-4-10(9)15/h3-4,6,11H,2,5,7,16H2,1H3. The highest BCUT2D eigenvalue weighted by Gasteiger charge is 2.18. The van der Waals surface area contributed by atoms with Crippen molar-refractivity contribution in [1.82, 2.24) is 10.1 Å². The summed E-state index contributed by atoms with van der Waals surface area (Å²) in [5.74, 6) is -1.14. The summed E-state index contributed by atoms with van der Waals surface area (Å²) in [5, 5.41) is 3.66. The van der Waals surface area contributed by atoms with Gasteiger partial charge in [-0.2, -0.15) is 4.98 Å². The number of hydrogen-bond acceptors (Lipinski definition) is 5. The van der Waals surface area contributed by atoms with Gasteiger partial charge in [-0.25, -0.2) is 8.78 Å². The van der Waals surface area contributed by atoms with Crippen molar-refractivity contribution in [3.63, 3.8) is 0 Å². The third-order valence-corrected chi connectivity index (χ3v) is 2.58. The number of halogens is 2. The molecule has 20 heavy (non-hydrogen) atoms. The first-order valence-corrected chi connectivity index (χ1v) is 6.24. The topological polar surface area (TPSA) is 74.2 Å². The molecular weight excluding hydrogens is 268 g/mol. The molecule has 5 nitrogen and oxygen atoms in total. The number of nitrogens with zero attached hydrogens (tertiary/aromatic N) is 2. The van der Waals surface area contributed by atoms with E-state index in [2.05, 4.69) is 10.1 Å². The first kappa shape index (κ1) is 14.5. The van der Waals surface area contributed by atoms with Crippen LogP contribution in [0.3, 0.4) is 0 Å². The number of hydrogen-bond donors (Lipinski definition) is 1. The van der Waals surface area contributed by atoms with Gasteiger partial charge in [0.25, 0.3) is 5.89 Å². The van der Waals surface area contributed by atoms with Crippen LogP contribution in [-0.2, 0) is 4.74 Å². The normalized spacial score (nSPS) is 12.6. The summed E-state index contributed by atoms with van der Waals surface area (Å²) in [5.41, 5.74) is 5.73. The van der Waals surface area contributed by atoms with Crippen LogP contribution in [0, 0.1) is 11.6 Å². The molecule has 1 atom stereocenters. The molecule has 0 fully saturated rings. The van der Waals surface area contributed by atoms with E-state index >= 15 is 0 Å². The molecule has 0 aliphatic rings. The van der Waals surface area contributed by atoms with Gasteiger partial charge in [0, 0.05) is 6.61 Å². The average molecular weight is 283 g/mol. The molecular formula is C13H15F2N3O2. The fourth-order valence-electron chi connectivity index (χ4n) is 1.59. The second-order valence-electron chi connectivity index (χ2n) is 4.26. The van der Waals surface area contributed by atoms with Crippen molar-refractivity contribution in [2.24, 2.45) is 5.73 Å². The van der Waals surface area contributed by atoms with E-state index in [9.17, 15) is 8.78 Å². The van der Waals surface area contributed by atoms with E-state index in [1.54, 1.807) is 0 Å². The van der Waals surface area contributed by atoms with E-state index in [1.807, 2.05) is 6.92 Å². The van der Waals surface area contributed by atoms with Gasteiger partial charge in [0.2, 0.25) is 0 Å². The van der Waals surface area contributed by atoms with Crippen molar-refractivity contribution < 1.29 is 18.0 Å². The van der Waals surface area contributed by atoms with Crippen LogP contribution >= 0.6 is 0 Å². The highest BCUT2D eigenvalue weighted by atomic mass is 19.1. The predicted octanol–water partition coefficient (Wildman–Crippen LogP) is 2.44. The number of nitrogens with two attached hydrogens (primary N) is 1. The lowest BCUT2D eigenvalue weighted by Crippen LogP contribution is -2.18. The maximum absolute atomic E-state index is 13.6. The Kier molecular flexibility index (Phi) is 4.75. The van der Waals surface area contributed by atoms with E-state index in [0.29, 0.717) is 6.61 Å². The van der Waals surface area contributed by atoms with Crippen LogP contribution in [-0.4, -0.2) is 23.4 Å². The van der Waals surface area contributed by atoms with Crippen LogP contribution in [0.1, 0.15) is 25.2 Å². The molecule has 2 aromatic rings. The van der Waals surface area contributed by atoms with Crippen LogP contribution in [0.25, 0.3) is 11.5 Å². The number of ether oxygens (including phenoxy) is 1. The highest BCUT2D eigenvalue weighted by Crippen LogP contribution is 2.23. The van der Waals surface area contributed by atoms with E-state index in [1.165, 1.54) is 0 Å². The zero-order valence-electron chi connectivity index (χ0n) is 11.0. The quantitative estimate of drug-likeness (QED) is 0.824. The molecule has 0 amide bonds. The molecule has 0 saturated carbocycles. The Hall–Kier alpha value is -1.86. The zero-order valence-corrected chi connectivity index (χ0v) is 11.0. The molecule has 2 N–H and O–H groups in total. The van der Waals surface area contributed by atoms with Crippen molar-refractivity contribution in [2.75, 3.05) is 13.2 Å². The Bertz CT molecular complexity index is 574. The molecule has 0 saturated heterocycles. The molecule has 0 spiro atoms. The van der Waals surface area contributed by atoms with E-state index in [0.717, 1.165) is 24.6 Å². The Labute approximate surface area is 114 Å². The molecule has 1 unspecified atom stereocenters. The summed E-state index contributed by atoms with van der Waals surface area (Å²) in [4.78, 5) is 3.97. The smallest absolute Gasteiger partial charge is 0.261 e. The summed E-state index contributed by atoms with van der Waals surface area (Å²) >= 11 is 0. The minimum absolute atomic E-state index is 0.0922. The fraction of sp³-hybridized carbons (Fsp3) is 0.385. The fourth-order valence-corrected chi connectivity index (χ4v) is 1.59. The second kappa shape index (κ2) is 6.53. The second-order valence-corrected chi connectivity index (χ2v) is 4.26. The predicted molar refractivity (Wildman–Crippen MR) is 67.7 cm³/mol. The summed E-state index contributed by atoms with van der Waals surface area (Å²) < 4.78 is 36.9. The lowest BCUT2D eigenvalue weighted by Gasteiger charge is -2.06. The van der Waals surface area contributed by atoms with Gasteiger partial charge in [0.1, 0.15) is 11.6 Å². The van der Waals surface area contributed by atoms with Gasteiger partial charge in [-0.05, 0) is 24.6 Å². The van der Waals surface area contributed by atoms with Crippen molar-refractivity contribution >= 4 is 0 Å². The average Bonchev–Trinajstić information content (AvgIpc) is 2.91. The summed E-state index contributed by atoms with van der Waals surface area (Å²) in [6.07, 6.45) is 0.874. The lowest BCUT2D eigenvalue weighted by molar-refractivity contribution is 0.119. The van der Waals surface area contributed by atoms with Gasteiger partial charge >= 0.3 is 0 Å². The largest absolute Gasteiger partial charge is 0.379 e. The van der Waals surface area contributed by atoms with Gasteiger partial charge in [-0.3, -0.25) is 0 Å². The van der Waals surface area contributed by atoms with Gasteiger partial charge in [-0.15, -0.1) is 0 Å². The van der Waals surface area contributed by atoms with Crippen LogP contribution < -0.4 is 5.73 Å². The Balaban J connectivity index is 2.14. The Morgan fingerprint density at radius 1 is 1.40 bits per heavy atom. The highest BCUT2D eigenvalue weighted by molar-refractivity contribution is 5.53. The van der Waals surface area contributed by atoms with Gasteiger partial charge in [0.05, 0.1) is 18.2 Å². The monoisotopic (exact) mass is 283 g/mol. The van der Waals surface area contributed by atoms with E-state index in [-0.39, 0.29) is 23.9 Å². The minimum atomic E-state index is -0.641. The Morgan fingerprint density at radius 2 is 2.20 bits per heavy atom. The molecule has 0 aliphatic carbocycles. The molecule has 1 aromatic carbocycles. The van der Waals surface area contributed by atoms with Crippen LogP contribution in [0.15, 0.2) is 22.7 Å². The van der Waals surface area contributed by atoms with Gasteiger partial charge in [-0.1, -0.05) is 12.1 Å². The van der Waals surface area contributed by atoms with Crippen LogP contribution in [0.5, 0.6) is 0 Å². The first-order valence-electron chi connectivity index (χ1n) is 6.24. The van der Waals surface area contributed by atoms with Crippen LogP contribution in [0.4, 0.5) is 8.78 Å². The maximum atomic E-state index is 13.6. The zero-order chi connectivity index (χ0) is 14.5. The molecule has 7 heteroatoms. The minimum Gasteiger partial charge on any atom is -0.379 e. The molecule has 1 aromatic heterocycles. The first-order chi connectivity index (χ1) is 9.61. The van der Waals surface area contributed by atoms with E-state index in [4.69, 9.17) is 15.0 Å². The maximum Gasteiger partial charge on any atom is 0.261 e. The third kappa shape index (κ3) is 3.37. The molecule has 0 aliphatic heterocycles. The van der Waals surface area contributed by atoms with Gasteiger partial charge in [0.15, 0.2) is 5.82 Å². The van der Waals surface area contributed by atoms with Crippen molar-refractivity contribution in [3.05, 3.63) is 35.7 Å². The Morgan fingerprint density at radius 3 is 2.95 bits per heavy atom. The molecule has 0 radical (unpaired) electrons. The van der Waals surface area contributed by atoms with E-state index < -0.39 is 17.7 Å². The summed E-state index contributed by atoms with van der Waals surface area (Å²) in [7, 11) is 0. The number of benzene rings is 1. The SMILES string of the molecule is CCCOCC(N)c1noc(-c2cc(F)ccc2F)n1. The molecule has 1 heterocycles. The summed E-state index contributed by atoms with van der Waals surface area (Å²) in [6, 6.07) is 2.43. The van der Waals surface area contributed by atoms with Gasteiger partial charge < -0.3 is 15.0 Å². The lowest BCUT2D eigenvalue weighted by atomic mass is 10.2. The van der Waals surface area contributed by atoms with Crippen molar-refractivity contribution in [3.8, 4) is 11.5 Å². The molecule has 2 rings (SSSR count). The van der Waals surface area contributed by atoms with Crippen LogP contribution in [0.2, 0.25) is 0 Å². The number of aromatic nitrogens is 2. The van der Waals surface area contributed by atoms with Crippen molar-refractivity contribution in [2.45, 2.75) is 19.4 Å². The van der Waals surface area contributed by atoms with Crippen molar-refractivity contribution in [1.29, 1.82) is 0 Å². The molecule has 108 valence electrons. The number of rotatable bonds is 6. The molecule has 0 bridgehead atoms.